The van der Waals surface area contributed by atoms with Crippen LogP contribution in [0.2, 0.25) is 0 Å². The van der Waals surface area contributed by atoms with Gasteiger partial charge in [0, 0.05) is 0 Å². The molecule has 0 aliphatic rings. The van der Waals surface area contributed by atoms with Gasteiger partial charge in [0.05, 0.1) is 6.10 Å². The van der Waals surface area contributed by atoms with E-state index in [1.165, 1.54) is 16.7 Å². The minimum atomic E-state index is -0.357. The number of benzene rings is 1. The molecule has 0 radical (unpaired) electrons. The summed E-state index contributed by atoms with van der Waals surface area (Å²) in [6, 6.07) is 4.06. The number of rotatable bonds is 1. The van der Waals surface area contributed by atoms with Crippen LogP contribution in [0.4, 0.5) is 0 Å². The maximum absolute atomic E-state index is 9.42. The molecule has 1 unspecified atom stereocenters. The van der Waals surface area contributed by atoms with E-state index in [9.17, 15) is 5.11 Å². The van der Waals surface area contributed by atoms with Crippen molar-refractivity contribution in [2.75, 3.05) is 0 Å². The molecule has 0 spiro atoms. The van der Waals surface area contributed by atoms with Gasteiger partial charge < -0.3 is 11.3 Å². The Kier molecular flexibility index (Phi) is 4.11. The number of aliphatic hydroxyl groups excluding tert-OH is 1. The summed E-state index contributed by atoms with van der Waals surface area (Å²) in [4.78, 5) is 0. The standard InChI is InChI=1S/C11H16O.H3N/c1-7-5-6-11(10(4)12)9(3)8(7)2;/h5-6,10,12H,1-4H3;1H3. The maximum Gasteiger partial charge on any atom is 0.0764 e. The van der Waals surface area contributed by atoms with Crippen LogP contribution in [0.1, 0.15) is 35.3 Å². The van der Waals surface area contributed by atoms with E-state index in [0.717, 1.165) is 5.56 Å². The molecular weight excluding hydrogens is 162 g/mol. The molecule has 2 heteroatoms. The van der Waals surface area contributed by atoms with Crippen molar-refractivity contribution in [2.45, 2.75) is 33.8 Å². The summed E-state index contributed by atoms with van der Waals surface area (Å²) in [5.41, 5.74) is 4.83. The molecule has 13 heavy (non-hydrogen) atoms. The lowest BCUT2D eigenvalue weighted by atomic mass is 9.96. The number of hydrogen-bond donors (Lipinski definition) is 2. The van der Waals surface area contributed by atoms with Crippen LogP contribution >= 0.6 is 0 Å². The summed E-state index contributed by atoms with van der Waals surface area (Å²) in [6.07, 6.45) is -0.357. The third-order valence-corrected chi connectivity index (χ3v) is 2.55. The van der Waals surface area contributed by atoms with Gasteiger partial charge in [-0.15, -0.1) is 0 Å². The fourth-order valence-corrected chi connectivity index (χ4v) is 1.43. The van der Waals surface area contributed by atoms with Crippen molar-refractivity contribution in [1.29, 1.82) is 0 Å². The minimum absolute atomic E-state index is 0. The molecule has 0 bridgehead atoms. The topological polar surface area (TPSA) is 55.2 Å². The summed E-state index contributed by atoms with van der Waals surface area (Å²) >= 11 is 0. The summed E-state index contributed by atoms with van der Waals surface area (Å²) in [6.45, 7) is 8.05. The van der Waals surface area contributed by atoms with Gasteiger partial charge in [0.1, 0.15) is 0 Å². The van der Waals surface area contributed by atoms with Crippen LogP contribution in [0.3, 0.4) is 0 Å². The Morgan fingerprint density at radius 2 is 1.62 bits per heavy atom. The van der Waals surface area contributed by atoms with Gasteiger partial charge in [-0.3, -0.25) is 0 Å². The van der Waals surface area contributed by atoms with E-state index in [1.807, 2.05) is 6.07 Å². The Hall–Kier alpha value is -0.860. The van der Waals surface area contributed by atoms with Crippen LogP contribution in [0, 0.1) is 20.8 Å². The average molecular weight is 181 g/mol. The van der Waals surface area contributed by atoms with E-state index < -0.39 is 0 Å². The Morgan fingerprint density at radius 1 is 1.08 bits per heavy atom. The zero-order chi connectivity index (χ0) is 9.30. The monoisotopic (exact) mass is 181 g/mol. The average Bonchev–Trinajstić information content (AvgIpc) is 2.00. The van der Waals surface area contributed by atoms with E-state index in [0.29, 0.717) is 0 Å². The van der Waals surface area contributed by atoms with Crippen molar-refractivity contribution in [3.05, 3.63) is 34.4 Å². The second kappa shape index (κ2) is 4.40. The smallest absolute Gasteiger partial charge is 0.0764 e. The normalized spacial score (nSPS) is 12.1. The maximum atomic E-state index is 9.42. The quantitative estimate of drug-likeness (QED) is 0.700. The van der Waals surface area contributed by atoms with Crippen molar-refractivity contribution in [1.82, 2.24) is 6.15 Å². The van der Waals surface area contributed by atoms with Crippen molar-refractivity contribution < 1.29 is 5.11 Å². The van der Waals surface area contributed by atoms with Gasteiger partial charge in [-0.2, -0.15) is 0 Å². The summed E-state index contributed by atoms with van der Waals surface area (Å²) in [5.74, 6) is 0. The van der Waals surface area contributed by atoms with Crippen molar-refractivity contribution in [3.8, 4) is 0 Å². The highest BCUT2D eigenvalue weighted by Crippen LogP contribution is 2.22. The third-order valence-electron chi connectivity index (χ3n) is 2.55. The van der Waals surface area contributed by atoms with E-state index >= 15 is 0 Å². The molecule has 0 amide bonds. The van der Waals surface area contributed by atoms with Gasteiger partial charge in [-0.05, 0) is 49.9 Å². The molecule has 0 aliphatic carbocycles. The molecule has 1 aromatic rings. The molecule has 0 fully saturated rings. The van der Waals surface area contributed by atoms with Gasteiger partial charge in [0.25, 0.3) is 0 Å². The minimum Gasteiger partial charge on any atom is -0.389 e. The Balaban J connectivity index is 0.00000144. The van der Waals surface area contributed by atoms with E-state index in [1.54, 1.807) is 6.92 Å². The first-order valence-electron chi connectivity index (χ1n) is 4.28. The van der Waals surface area contributed by atoms with Crippen LogP contribution in [0.25, 0.3) is 0 Å². The van der Waals surface area contributed by atoms with Gasteiger partial charge in [0.15, 0.2) is 0 Å². The van der Waals surface area contributed by atoms with Crippen LogP contribution in [0.15, 0.2) is 12.1 Å². The first-order valence-corrected chi connectivity index (χ1v) is 4.28. The van der Waals surface area contributed by atoms with Crippen LogP contribution in [0.5, 0.6) is 0 Å². The second-order valence-electron chi connectivity index (χ2n) is 3.40. The molecule has 1 aromatic carbocycles. The molecule has 2 nitrogen and oxygen atoms in total. The lowest BCUT2D eigenvalue weighted by molar-refractivity contribution is 0.198. The van der Waals surface area contributed by atoms with Gasteiger partial charge in [0.2, 0.25) is 0 Å². The molecule has 0 aromatic heterocycles. The lowest BCUT2D eigenvalue weighted by Crippen LogP contribution is -1.98. The molecule has 1 atom stereocenters. The Bertz CT molecular complexity index is 292. The van der Waals surface area contributed by atoms with E-state index in [-0.39, 0.29) is 12.3 Å². The number of hydrogen-bond acceptors (Lipinski definition) is 2. The molecule has 4 N–H and O–H groups in total. The Morgan fingerprint density at radius 3 is 2.08 bits per heavy atom. The SMILES string of the molecule is Cc1ccc(C(C)O)c(C)c1C.N. The molecule has 74 valence electrons. The second-order valence-corrected chi connectivity index (χ2v) is 3.40. The summed E-state index contributed by atoms with van der Waals surface area (Å²) in [5, 5.41) is 9.42. The van der Waals surface area contributed by atoms with Gasteiger partial charge in [-0.25, -0.2) is 0 Å². The van der Waals surface area contributed by atoms with Crippen LogP contribution < -0.4 is 6.15 Å². The lowest BCUT2D eigenvalue weighted by Gasteiger charge is -2.12. The number of aliphatic hydroxyl groups is 1. The molecule has 0 saturated carbocycles. The van der Waals surface area contributed by atoms with Crippen molar-refractivity contribution in [3.63, 3.8) is 0 Å². The highest BCUT2D eigenvalue weighted by molar-refractivity contribution is 5.39. The van der Waals surface area contributed by atoms with Gasteiger partial charge in [-0.1, -0.05) is 12.1 Å². The molecule has 1 rings (SSSR count). The third kappa shape index (κ3) is 2.29. The summed E-state index contributed by atoms with van der Waals surface area (Å²) in [7, 11) is 0. The van der Waals surface area contributed by atoms with Crippen molar-refractivity contribution >= 4 is 0 Å². The number of aryl methyl sites for hydroxylation is 1. The molecule has 0 heterocycles. The first kappa shape index (κ1) is 12.1. The predicted molar refractivity (Wildman–Crippen MR) is 56.3 cm³/mol. The Labute approximate surface area is 80.2 Å². The van der Waals surface area contributed by atoms with Crippen molar-refractivity contribution in [2.24, 2.45) is 0 Å². The highest BCUT2D eigenvalue weighted by Gasteiger charge is 2.07. The fraction of sp³-hybridized carbons (Fsp3) is 0.455. The molecule has 0 aliphatic heterocycles. The fourth-order valence-electron chi connectivity index (χ4n) is 1.43. The highest BCUT2D eigenvalue weighted by atomic mass is 16.3. The zero-order valence-corrected chi connectivity index (χ0v) is 8.89. The van der Waals surface area contributed by atoms with Crippen LogP contribution in [-0.4, -0.2) is 5.11 Å². The first-order chi connectivity index (χ1) is 5.54. The van der Waals surface area contributed by atoms with Gasteiger partial charge >= 0.3 is 0 Å². The van der Waals surface area contributed by atoms with E-state index in [2.05, 4.69) is 26.8 Å². The predicted octanol–water partition coefficient (Wildman–Crippen LogP) is 2.83. The van der Waals surface area contributed by atoms with Crippen LogP contribution in [-0.2, 0) is 0 Å². The largest absolute Gasteiger partial charge is 0.389 e. The molecule has 0 saturated heterocycles. The zero-order valence-electron chi connectivity index (χ0n) is 8.89. The summed E-state index contributed by atoms with van der Waals surface area (Å²) < 4.78 is 0. The van der Waals surface area contributed by atoms with E-state index in [4.69, 9.17) is 0 Å². The molecular formula is C11H19NO.